The van der Waals surface area contributed by atoms with Crippen LogP contribution in [0.3, 0.4) is 0 Å². The number of nitrogens with zero attached hydrogens (tertiary/aromatic N) is 3. The van der Waals surface area contributed by atoms with Crippen molar-refractivity contribution in [3.05, 3.63) is 29.1 Å². The van der Waals surface area contributed by atoms with Crippen LogP contribution in [-0.4, -0.2) is 41.9 Å². The Hall–Kier alpha value is -1.42. The Kier molecular flexibility index (Phi) is 4.24. The molecule has 0 bridgehead atoms. The Bertz CT molecular complexity index is 516. The van der Waals surface area contributed by atoms with E-state index in [-0.39, 0.29) is 0 Å². The molecule has 114 valence electrons. The molecule has 1 N–H and O–H groups in total. The van der Waals surface area contributed by atoms with Crippen molar-refractivity contribution < 1.29 is 0 Å². The lowest BCUT2D eigenvalue weighted by Gasteiger charge is -2.35. The van der Waals surface area contributed by atoms with Gasteiger partial charge in [0.05, 0.1) is 18.9 Å². The minimum absolute atomic E-state index is 0.310. The summed E-state index contributed by atoms with van der Waals surface area (Å²) in [6.07, 6.45) is 4.35. The van der Waals surface area contributed by atoms with E-state index in [0.717, 1.165) is 18.8 Å². The number of hydrogen-bond acceptors (Lipinski definition) is 4. The van der Waals surface area contributed by atoms with Crippen molar-refractivity contribution in [2.24, 2.45) is 4.99 Å². The quantitative estimate of drug-likeness (QED) is 0.928. The Morgan fingerprint density at radius 1 is 1.33 bits per heavy atom. The number of aliphatic imine (C=N–C) groups is 1. The molecule has 3 heterocycles. The highest BCUT2D eigenvalue weighted by molar-refractivity contribution is 5.58. The third-order valence-corrected chi connectivity index (χ3v) is 4.78. The van der Waals surface area contributed by atoms with Crippen LogP contribution in [0.2, 0.25) is 0 Å². The summed E-state index contributed by atoms with van der Waals surface area (Å²) in [7, 11) is 0. The number of hydrogen-bond donors (Lipinski definition) is 1. The lowest BCUT2D eigenvalue weighted by atomic mass is 9.92. The second-order valence-corrected chi connectivity index (χ2v) is 6.55. The van der Waals surface area contributed by atoms with Crippen molar-refractivity contribution in [3.8, 4) is 0 Å². The van der Waals surface area contributed by atoms with E-state index in [1.807, 2.05) is 0 Å². The predicted octanol–water partition coefficient (Wildman–Crippen LogP) is 2.65. The van der Waals surface area contributed by atoms with Gasteiger partial charge < -0.3 is 10.2 Å². The molecule has 0 aromatic carbocycles. The molecular formula is C17H26N4. The number of piperidine rings is 1. The van der Waals surface area contributed by atoms with Gasteiger partial charge in [0.2, 0.25) is 0 Å². The summed E-state index contributed by atoms with van der Waals surface area (Å²) >= 11 is 0. The molecule has 2 aliphatic heterocycles. The van der Waals surface area contributed by atoms with Crippen molar-refractivity contribution in [3.63, 3.8) is 0 Å². The van der Waals surface area contributed by atoms with Crippen LogP contribution in [0.15, 0.2) is 17.1 Å². The van der Waals surface area contributed by atoms with Gasteiger partial charge in [0.25, 0.3) is 0 Å². The first-order valence-electron chi connectivity index (χ1n) is 8.11. The van der Waals surface area contributed by atoms with Gasteiger partial charge in [-0.05, 0) is 51.8 Å². The van der Waals surface area contributed by atoms with Gasteiger partial charge in [-0.15, -0.1) is 0 Å². The van der Waals surface area contributed by atoms with Crippen LogP contribution in [-0.2, 0) is 0 Å². The second-order valence-electron chi connectivity index (χ2n) is 6.55. The zero-order chi connectivity index (χ0) is 14.8. The summed E-state index contributed by atoms with van der Waals surface area (Å²) in [4.78, 5) is 11.7. The zero-order valence-corrected chi connectivity index (χ0v) is 13.3. The van der Waals surface area contributed by atoms with Gasteiger partial charge in [-0.25, -0.2) is 0 Å². The van der Waals surface area contributed by atoms with Crippen molar-refractivity contribution >= 4 is 6.34 Å². The molecule has 0 radical (unpaired) electrons. The Labute approximate surface area is 127 Å². The highest BCUT2D eigenvalue weighted by Crippen LogP contribution is 2.28. The first-order chi connectivity index (χ1) is 10.1. The summed E-state index contributed by atoms with van der Waals surface area (Å²) in [5.41, 5.74) is 3.70. The molecule has 1 saturated heterocycles. The van der Waals surface area contributed by atoms with Gasteiger partial charge in [0.1, 0.15) is 0 Å². The summed E-state index contributed by atoms with van der Waals surface area (Å²) in [6.45, 7) is 9.91. The summed E-state index contributed by atoms with van der Waals surface area (Å²) < 4.78 is 0. The topological polar surface area (TPSA) is 40.5 Å². The number of rotatable bonds is 3. The number of pyridine rings is 1. The SMILES string of the molecule is Cc1nc(C2CCCN(C(C)C)C2)ccc1C1CN=CN1. The fourth-order valence-corrected chi connectivity index (χ4v) is 3.45. The molecule has 0 spiro atoms. The van der Waals surface area contributed by atoms with Gasteiger partial charge in [0, 0.05) is 29.9 Å². The van der Waals surface area contributed by atoms with Gasteiger partial charge in [-0.1, -0.05) is 6.07 Å². The van der Waals surface area contributed by atoms with Crippen molar-refractivity contribution in [1.29, 1.82) is 0 Å². The molecule has 4 heteroatoms. The first kappa shape index (κ1) is 14.5. The normalized spacial score (nSPS) is 26.3. The third kappa shape index (κ3) is 3.10. The number of aryl methyl sites for hydroxylation is 1. The van der Waals surface area contributed by atoms with Crippen LogP contribution < -0.4 is 5.32 Å². The van der Waals surface area contributed by atoms with E-state index in [2.05, 4.69) is 48.1 Å². The Morgan fingerprint density at radius 3 is 2.86 bits per heavy atom. The van der Waals surface area contributed by atoms with E-state index >= 15 is 0 Å². The molecule has 0 saturated carbocycles. The smallest absolute Gasteiger partial charge is 0.0830 e. The molecule has 2 unspecified atom stereocenters. The van der Waals surface area contributed by atoms with E-state index in [1.165, 1.54) is 30.6 Å². The predicted molar refractivity (Wildman–Crippen MR) is 86.9 cm³/mol. The Balaban J connectivity index is 1.75. The molecule has 4 nitrogen and oxygen atoms in total. The largest absolute Gasteiger partial charge is 0.368 e. The molecule has 0 aliphatic carbocycles. The molecule has 1 fully saturated rings. The maximum absolute atomic E-state index is 4.91. The summed E-state index contributed by atoms with van der Waals surface area (Å²) in [5.74, 6) is 0.585. The van der Waals surface area contributed by atoms with Crippen molar-refractivity contribution in [2.45, 2.75) is 51.6 Å². The van der Waals surface area contributed by atoms with Crippen molar-refractivity contribution in [1.82, 2.24) is 15.2 Å². The van der Waals surface area contributed by atoms with Crippen LogP contribution >= 0.6 is 0 Å². The van der Waals surface area contributed by atoms with E-state index < -0.39 is 0 Å². The van der Waals surface area contributed by atoms with E-state index in [0.29, 0.717) is 18.0 Å². The molecule has 1 aromatic heterocycles. The molecule has 1 aromatic rings. The van der Waals surface area contributed by atoms with Gasteiger partial charge >= 0.3 is 0 Å². The third-order valence-electron chi connectivity index (χ3n) is 4.78. The molecule has 3 rings (SSSR count). The number of likely N-dealkylation sites (tertiary alicyclic amines) is 1. The standard InChI is InChI=1S/C17H26N4/c1-12(2)21-8-4-5-14(10-21)16-7-6-15(13(3)20-16)17-9-18-11-19-17/h6-7,11-12,14,17H,4-5,8-10H2,1-3H3,(H,18,19). The van der Waals surface area contributed by atoms with E-state index in [1.54, 1.807) is 6.34 Å². The summed E-state index contributed by atoms with van der Waals surface area (Å²) in [5, 5.41) is 3.29. The Morgan fingerprint density at radius 2 is 2.19 bits per heavy atom. The lowest BCUT2D eigenvalue weighted by Crippen LogP contribution is -2.39. The van der Waals surface area contributed by atoms with Gasteiger partial charge in [-0.3, -0.25) is 9.98 Å². The van der Waals surface area contributed by atoms with Crippen LogP contribution in [0.1, 0.15) is 55.6 Å². The molecule has 2 aliphatic rings. The maximum Gasteiger partial charge on any atom is 0.0830 e. The highest BCUT2D eigenvalue weighted by Gasteiger charge is 2.25. The monoisotopic (exact) mass is 286 g/mol. The molecule has 0 amide bonds. The van der Waals surface area contributed by atoms with Gasteiger partial charge in [0.15, 0.2) is 0 Å². The van der Waals surface area contributed by atoms with E-state index in [4.69, 9.17) is 4.98 Å². The zero-order valence-electron chi connectivity index (χ0n) is 13.3. The lowest BCUT2D eigenvalue weighted by molar-refractivity contribution is 0.166. The summed E-state index contributed by atoms with van der Waals surface area (Å²) in [6, 6.07) is 5.42. The number of aromatic nitrogens is 1. The average molecular weight is 286 g/mol. The molecular weight excluding hydrogens is 260 g/mol. The molecule has 2 atom stereocenters. The fourth-order valence-electron chi connectivity index (χ4n) is 3.45. The fraction of sp³-hybridized carbons (Fsp3) is 0.647. The van der Waals surface area contributed by atoms with Crippen LogP contribution in [0.25, 0.3) is 0 Å². The first-order valence-corrected chi connectivity index (χ1v) is 8.11. The second kappa shape index (κ2) is 6.14. The average Bonchev–Trinajstić information content (AvgIpc) is 3.01. The highest BCUT2D eigenvalue weighted by atomic mass is 15.2. The van der Waals surface area contributed by atoms with Crippen LogP contribution in [0.5, 0.6) is 0 Å². The van der Waals surface area contributed by atoms with Gasteiger partial charge in [-0.2, -0.15) is 0 Å². The maximum atomic E-state index is 4.91. The van der Waals surface area contributed by atoms with Crippen LogP contribution in [0, 0.1) is 6.92 Å². The van der Waals surface area contributed by atoms with Crippen molar-refractivity contribution in [2.75, 3.05) is 19.6 Å². The minimum Gasteiger partial charge on any atom is -0.368 e. The van der Waals surface area contributed by atoms with E-state index in [9.17, 15) is 0 Å². The van der Waals surface area contributed by atoms with Crippen LogP contribution in [0.4, 0.5) is 0 Å². The molecule has 21 heavy (non-hydrogen) atoms. The minimum atomic E-state index is 0.310. The number of nitrogens with one attached hydrogen (secondary N) is 1.